The Morgan fingerprint density at radius 2 is 1.33 bits per heavy atom. The molecule has 0 N–H and O–H groups in total. The predicted molar refractivity (Wildman–Crippen MR) is 74.7 cm³/mol. The summed E-state index contributed by atoms with van der Waals surface area (Å²) in [6.07, 6.45) is 0. The van der Waals surface area contributed by atoms with Crippen molar-refractivity contribution in [3.8, 4) is 0 Å². The van der Waals surface area contributed by atoms with Crippen LogP contribution in [0.25, 0.3) is 0 Å². The van der Waals surface area contributed by atoms with Gasteiger partial charge in [0, 0.05) is 12.5 Å². The summed E-state index contributed by atoms with van der Waals surface area (Å²) >= 11 is 0. The average Bonchev–Trinajstić information content (AvgIpc) is 2.48. The Kier molecular flexibility index (Phi) is 9.08. The third-order valence-electron chi connectivity index (χ3n) is 2.06. The lowest BCUT2D eigenvalue weighted by molar-refractivity contribution is -0.152. The lowest BCUT2D eigenvalue weighted by Crippen LogP contribution is -2.17. The van der Waals surface area contributed by atoms with Crippen LogP contribution >= 0.6 is 0 Å². The molecule has 0 radical (unpaired) electrons. The second kappa shape index (κ2) is 10.3. The molecule has 0 saturated heterocycles. The molecule has 0 aromatic heterocycles. The van der Waals surface area contributed by atoms with Crippen LogP contribution in [-0.4, -0.2) is 36.7 Å². The summed E-state index contributed by atoms with van der Waals surface area (Å²) < 4.78 is 8.88. The van der Waals surface area contributed by atoms with E-state index in [1.54, 1.807) is 44.2 Å². The van der Waals surface area contributed by atoms with Crippen LogP contribution in [0, 0.1) is 0 Å². The number of carbonyl (C=O) groups is 4. The Morgan fingerprint density at radius 3 is 1.71 bits per heavy atom. The van der Waals surface area contributed by atoms with Crippen LogP contribution in [0.4, 0.5) is 0 Å². The van der Waals surface area contributed by atoms with Gasteiger partial charge >= 0.3 is 11.9 Å². The van der Waals surface area contributed by atoms with Crippen molar-refractivity contribution in [2.45, 2.75) is 20.8 Å². The van der Waals surface area contributed by atoms with Crippen LogP contribution in [0.5, 0.6) is 0 Å². The summed E-state index contributed by atoms with van der Waals surface area (Å²) in [5.41, 5.74) is 0.362. The second-order valence-corrected chi connectivity index (χ2v) is 3.69. The van der Waals surface area contributed by atoms with Gasteiger partial charge in [-0.2, -0.15) is 0 Å². The molecule has 1 rings (SSSR count). The molecule has 0 aliphatic heterocycles. The zero-order chi connectivity index (χ0) is 16.3. The van der Waals surface area contributed by atoms with Crippen LogP contribution in [-0.2, 0) is 23.9 Å². The topological polar surface area (TPSA) is 86.7 Å². The molecule has 1 aromatic rings. The molecule has 1 aromatic carbocycles. The molecule has 0 amide bonds. The lowest BCUT2D eigenvalue weighted by atomic mass is 10.1. The quantitative estimate of drug-likeness (QED) is 0.465. The van der Waals surface area contributed by atoms with E-state index in [4.69, 9.17) is 0 Å². The van der Waals surface area contributed by atoms with Gasteiger partial charge in [0.05, 0.1) is 13.2 Å². The van der Waals surface area contributed by atoms with E-state index in [9.17, 15) is 19.2 Å². The fourth-order valence-electron chi connectivity index (χ4n) is 1.14. The van der Waals surface area contributed by atoms with Crippen LogP contribution in [0.1, 0.15) is 31.1 Å². The van der Waals surface area contributed by atoms with E-state index in [0.29, 0.717) is 5.56 Å². The Labute approximate surface area is 123 Å². The van der Waals surface area contributed by atoms with Gasteiger partial charge in [0.2, 0.25) is 5.78 Å². The van der Waals surface area contributed by atoms with Crippen LogP contribution in [0.3, 0.4) is 0 Å². The third kappa shape index (κ3) is 7.61. The van der Waals surface area contributed by atoms with Gasteiger partial charge < -0.3 is 9.47 Å². The lowest BCUT2D eigenvalue weighted by Gasteiger charge is -1.99. The van der Waals surface area contributed by atoms with Crippen LogP contribution < -0.4 is 0 Å². The van der Waals surface area contributed by atoms with Crippen molar-refractivity contribution >= 4 is 23.5 Å². The molecule has 0 spiro atoms. The van der Waals surface area contributed by atoms with Gasteiger partial charge in [0.15, 0.2) is 0 Å². The summed E-state index contributed by atoms with van der Waals surface area (Å²) in [7, 11) is 0. The Hall–Kier alpha value is -2.50. The summed E-state index contributed by atoms with van der Waals surface area (Å²) in [6.45, 7) is 4.98. The van der Waals surface area contributed by atoms with Crippen molar-refractivity contribution in [2.24, 2.45) is 0 Å². The number of ketones is 2. The van der Waals surface area contributed by atoms with Gasteiger partial charge in [-0.25, -0.2) is 9.59 Å². The molecule has 0 aliphatic rings. The summed E-state index contributed by atoms with van der Waals surface area (Å²) in [6, 6.07) is 8.35. The second-order valence-electron chi connectivity index (χ2n) is 3.69. The SMILES string of the molecule is CCOC(=O)C(=O)c1ccccc1.CCOC(=O)C(C)=O. The molecular formula is C15H18O6. The third-order valence-corrected chi connectivity index (χ3v) is 2.06. The maximum atomic E-state index is 11.3. The largest absolute Gasteiger partial charge is 0.460 e. The molecule has 0 bridgehead atoms. The van der Waals surface area contributed by atoms with Crippen molar-refractivity contribution in [3.05, 3.63) is 35.9 Å². The highest BCUT2D eigenvalue weighted by Crippen LogP contribution is 2.00. The molecular weight excluding hydrogens is 276 g/mol. The molecule has 0 fully saturated rings. The predicted octanol–water partition coefficient (Wildman–Crippen LogP) is 1.57. The van der Waals surface area contributed by atoms with E-state index >= 15 is 0 Å². The zero-order valence-corrected chi connectivity index (χ0v) is 12.3. The van der Waals surface area contributed by atoms with E-state index in [-0.39, 0.29) is 13.2 Å². The van der Waals surface area contributed by atoms with Gasteiger partial charge in [-0.1, -0.05) is 30.3 Å². The fraction of sp³-hybridized carbons (Fsp3) is 0.333. The highest BCUT2D eigenvalue weighted by Gasteiger charge is 2.16. The van der Waals surface area contributed by atoms with Gasteiger partial charge in [0.25, 0.3) is 5.78 Å². The van der Waals surface area contributed by atoms with Crippen molar-refractivity contribution in [2.75, 3.05) is 13.2 Å². The fourth-order valence-corrected chi connectivity index (χ4v) is 1.14. The minimum Gasteiger partial charge on any atom is -0.460 e. The number of benzene rings is 1. The highest BCUT2D eigenvalue weighted by atomic mass is 16.5. The van der Waals surface area contributed by atoms with E-state index in [0.717, 1.165) is 0 Å². The van der Waals surface area contributed by atoms with Crippen molar-refractivity contribution in [1.82, 2.24) is 0 Å². The number of ether oxygens (including phenoxy) is 2. The van der Waals surface area contributed by atoms with Crippen LogP contribution in [0.15, 0.2) is 30.3 Å². The van der Waals surface area contributed by atoms with Crippen molar-refractivity contribution in [3.63, 3.8) is 0 Å². The average molecular weight is 294 g/mol. The summed E-state index contributed by atoms with van der Waals surface area (Å²) in [5.74, 6) is -2.70. The Balaban J connectivity index is 0.000000433. The normalized spacial score (nSPS) is 8.90. The minimum atomic E-state index is -0.797. The monoisotopic (exact) mass is 294 g/mol. The zero-order valence-electron chi connectivity index (χ0n) is 12.3. The van der Waals surface area contributed by atoms with Gasteiger partial charge in [-0.15, -0.1) is 0 Å². The summed E-state index contributed by atoms with van der Waals surface area (Å²) in [5, 5.41) is 0. The number of Topliss-reactive ketones (excluding diaryl/α,β-unsaturated/α-hetero) is 2. The Morgan fingerprint density at radius 1 is 0.857 bits per heavy atom. The molecule has 0 heterocycles. The van der Waals surface area contributed by atoms with Gasteiger partial charge in [-0.05, 0) is 13.8 Å². The molecule has 114 valence electrons. The van der Waals surface area contributed by atoms with Crippen molar-refractivity contribution in [1.29, 1.82) is 0 Å². The van der Waals surface area contributed by atoms with Gasteiger partial charge in [-0.3, -0.25) is 9.59 Å². The van der Waals surface area contributed by atoms with Crippen LogP contribution in [0.2, 0.25) is 0 Å². The molecule has 21 heavy (non-hydrogen) atoms. The van der Waals surface area contributed by atoms with E-state index < -0.39 is 23.5 Å². The van der Waals surface area contributed by atoms with E-state index in [1.165, 1.54) is 6.92 Å². The Bertz CT molecular complexity index is 492. The highest BCUT2D eigenvalue weighted by molar-refractivity contribution is 6.40. The van der Waals surface area contributed by atoms with E-state index in [2.05, 4.69) is 9.47 Å². The number of esters is 2. The van der Waals surface area contributed by atoms with E-state index in [1.807, 2.05) is 0 Å². The standard InChI is InChI=1S/C10H10O3.C5H8O3/c1-2-13-10(12)9(11)8-6-4-3-5-7-8;1-3-8-5(7)4(2)6/h3-7H,2H2,1H3;3H2,1-2H3. The molecule has 6 heteroatoms. The van der Waals surface area contributed by atoms with Crippen molar-refractivity contribution < 1.29 is 28.7 Å². The minimum absolute atomic E-state index is 0.220. The first-order valence-corrected chi connectivity index (χ1v) is 6.38. The molecule has 0 saturated carbocycles. The first-order valence-electron chi connectivity index (χ1n) is 6.38. The first-order chi connectivity index (χ1) is 9.93. The molecule has 0 unspecified atom stereocenters. The maximum absolute atomic E-state index is 11.3. The number of hydrogen-bond donors (Lipinski definition) is 0. The number of hydrogen-bond acceptors (Lipinski definition) is 6. The summed E-state index contributed by atoms with van der Waals surface area (Å²) in [4.78, 5) is 42.5. The number of carbonyl (C=O) groups excluding carboxylic acids is 4. The smallest absolute Gasteiger partial charge is 0.379 e. The first kappa shape index (κ1) is 18.5. The molecule has 0 atom stereocenters. The number of rotatable bonds is 5. The van der Waals surface area contributed by atoms with Gasteiger partial charge in [0.1, 0.15) is 0 Å². The molecule has 0 aliphatic carbocycles. The maximum Gasteiger partial charge on any atom is 0.379 e. The molecule has 6 nitrogen and oxygen atoms in total.